The van der Waals surface area contributed by atoms with Gasteiger partial charge in [-0.15, -0.1) is 0 Å². The quantitative estimate of drug-likeness (QED) is 0.0211. The number of esters is 2. The first kappa shape index (κ1) is 71.2. The second-order valence-electron chi connectivity index (χ2n) is 21.4. The Morgan fingerprint density at radius 3 is 1.15 bits per heavy atom. The van der Waals surface area contributed by atoms with E-state index in [0.29, 0.717) is 17.4 Å². The maximum Gasteiger partial charge on any atom is 0.472 e. The van der Waals surface area contributed by atoms with E-state index in [-0.39, 0.29) is 32.0 Å². The summed E-state index contributed by atoms with van der Waals surface area (Å²) in [5.41, 5.74) is 0. The highest BCUT2D eigenvalue weighted by molar-refractivity contribution is 7.47. The van der Waals surface area contributed by atoms with Crippen molar-refractivity contribution in [2.45, 2.75) is 264 Å². The fourth-order valence-electron chi connectivity index (χ4n) is 8.25. The molecular formula is C64H115NO8P+. The van der Waals surface area contributed by atoms with Gasteiger partial charge in [-0.05, 0) is 89.9 Å². The van der Waals surface area contributed by atoms with Crippen LogP contribution < -0.4 is 0 Å². The minimum atomic E-state index is -4.40. The molecule has 0 spiro atoms. The summed E-state index contributed by atoms with van der Waals surface area (Å²) in [6.07, 6.45) is 73.9. The van der Waals surface area contributed by atoms with E-state index in [1.807, 2.05) is 21.1 Å². The van der Waals surface area contributed by atoms with Crippen molar-refractivity contribution >= 4 is 19.8 Å². The lowest BCUT2D eigenvalue weighted by Gasteiger charge is -2.24. The summed E-state index contributed by atoms with van der Waals surface area (Å²) in [6.45, 7) is 4.29. The molecule has 0 rings (SSSR count). The van der Waals surface area contributed by atoms with Crippen LogP contribution in [0.4, 0.5) is 0 Å². The van der Waals surface area contributed by atoms with E-state index in [1.54, 1.807) is 0 Å². The van der Waals surface area contributed by atoms with E-state index >= 15 is 0 Å². The fourth-order valence-corrected chi connectivity index (χ4v) is 8.99. The lowest BCUT2D eigenvalue weighted by atomic mass is 10.0. The van der Waals surface area contributed by atoms with E-state index in [0.717, 1.165) is 83.5 Å². The SMILES string of the molecule is CC/C=C\C/C=C\C/C=C\C/C=C\CCCCCCC(=O)OC(COC(=O)CCCCCCCCCCCCCCCCCCCC/C=C\C/C=C\C/C=C\CCCCCCC)COP(=O)(O)OCC[N+](C)(C)C. The van der Waals surface area contributed by atoms with Crippen molar-refractivity contribution in [3.63, 3.8) is 0 Å². The highest BCUT2D eigenvalue weighted by atomic mass is 31.2. The summed E-state index contributed by atoms with van der Waals surface area (Å²) < 4.78 is 34.5. The Kier molecular flexibility index (Phi) is 52.9. The van der Waals surface area contributed by atoms with Crippen LogP contribution in [-0.2, 0) is 32.7 Å². The molecule has 2 atom stereocenters. The first-order valence-electron chi connectivity index (χ1n) is 30.3. The maximum absolute atomic E-state index is 12.8. The number of phosphoric acid groups is 1. The van der Waals surface area contributed by atoms with Crippen molar-refractivity contribution in [2.24, 2.45) is 0 Å². The van der Waals surface area contributed by atoms with Crippen LogP contribution in [0, 0.1) is 0 Å². The Bertz CT molecular complexity index is 1520. The number of unbranched alkanes of at least 4 members (excludes halogenated alkanes) is 27. The monoisotopic (exact) mass is 1060 g/mol. The third-order valence-electron chi connectivity index (χ3n) is 12.9. The van der Waals surface area contributed by atoms with Crippen LogP contribution in [0.2, 0.25) is 0 Å². The summed E-state index contributed by atoms with van der Waals surface area (Å²) in [7, 11) is 1.46. The van der Waals surface area contributed by atoms with Gasteiger partial charge in [0.25, 0.3) is 0 Å². The summed E-state index contributed by atoms with van der Waals surface area (Å²) in [5, 5.41) is 0. The van der Waals surface area contributed by atoms with Gasteiger partial charge in [0.15, 0.2) is 6.10 Å². The van der Waals surface area contributed by atoms with Gasteiger partial charge in [0.05, 0.1) is 27.7 Å². The molecule has 0 heterocycles. The smallest absolute Gasteiger partial charge is 0.462 e. The van der Waals surface area contributed by atoms with Crippen LogP contribution in [-0.4, -0.2) is 74.9 Å². The molecular weight excluding hydrogens is 942 g/mol. The number of carbonyl (C=O) groups is 2. The number of rotatable bonds is 55. The van der Waals surface area contributed by atoms with Crippen LogP contribution in [0.3, 0.4) is 0 Å². The predicted molar refractivity (Wildman–Crippen MR) is 316 cm³/mol. The maximum atomic E-state index is 12.8. The van der Waals surface area contributed by atoms with Gasteiger partial charge < -0.3 is 18.9 Å². The molecule has 0 aliphatic rings. The molecule has 0 aromatic heterocycles. The highest BCUT2D eigenvalue weighted by Crippen LogP contribution is 2.43. The number of likely N-dealkylation sites (N-methyl/N-ethyl adjacent to an activating group) is 1. The molecule has 9 nitrogen and oxygen atoms in total. The van der Waals surface area contributed by atoms with Gasteiger partial charge >= 0.3 is 19.8 Å². The van der Waals surface area contributed by atoms with Crippen molar-refractivity contribution in [3.05, 3.63) is 85.1 Å². The van der Waals surface area contributed by atoms with Gasteiger partial charge in [-0.1, -0.05) is 240 Å². The molecule has 0 amide bonds. The number of phosphoric ester groups is 1. The lowest BCUT2D eigenvalue weighted by molar-refractivity contribution is -0.870. The minimum absolute atomic E-state index is 0.0238. The van der Waals surface area contributed by atoms with Crippen molar-refractivity contribution in [1.82, 2.24) is 0 Å². The Morgan fingerprint density at radius 1 is 0.432 bits per heavy atom. The molecule has 0 fully saturated rings. The number of allylic oxidation sites excluding steroid dienone is 14. The third-order valence-corrected chi connectivity index (χ3v) is 13.9. The van der Waals surface area contributed by atoms with Crippen molar-refractivity contribution in [3.8, 4) is 0 Å². The van der Waals surface area contributed by atoms with Crippen LogP contribution >= 0.6 is 7.82 Å². The molecule has 10 heteroatoms. The molecule has 0 saturated heterocycles. The summed E-state index contributed by atoms with van der Waals surface area (Å²) in [4.78, 5) is 35.7. The fraction of sp³-hybridized carbons (Fsp3) is 0.750. The number of hydrogen-bond acceptors (Lipinski definition) is 7. The van der Waals surface area contributed by atoms with Crippen molar-refractivity contribution in [1.29, 1.82) is 0 Å². The summed E-state index contributed by atoms with van der Waals surface area (Å²) >= 11 is 0. The van der Waals surface area contributed by atoms with Gasteiger partial charge in [-0.2, -0.15) is 0 Å². The molecule has 0 saturated carbocycles. The van der Waals surface area contributed by atoms with Crippen LogP contribution in [0.1, 0.15) is 258 Å². The molecule has 0 aliphatic heterocycles. The van der Waals surface area contributed by atoms with Crippen LogP contribution in [0.5, 0.6) is 0 Å². The van der Waals surface area contributed by atoms with Crippen molar-refractivity contribution in [2.75, 3.05) is 47.5 Å². The molecule has 0 bridgehead atoms. The Balaban J connectivity index is 4.06. The van der Waals surface area contributed by atoms with E-state index < -0.39 is 26.5 Å². The van der Waals surface area contributed by atoms with Gasteiger partial charge in [-0.25, -0.2) is 4.57 Å². The molecule has 0 aromatic carbocycles. The van der Waals surface area contributed by atoms with Crippen LogP contribution in [0.15, 0.2) is 85.1 Å². The van der Waals surface area contributed by atoms with Gasteiger partial charge in [0.1, 0.15) is 19.8 Å². The Morgan fingerprint density at radius 2 is 0.770 bits per heavy atom. The Labute approximate surface area is 456 Å². The average Bonchev–Trinajstić information content (AvgIpc) is 3.36. The van der Waals surface area contributed by atoms with Gasteiger partial charge in [0.2, 0.25) is 0 Å². The highest BCUT2D eigenvalue weighted by Gasteiger charge is 2.27. The van der Waals surface area contributed by atoms with E-state index in [2.05, 4.69) is 98.9 Å². The summed E-state index contributed by atoms with van der Waals surface area (Å²) in [5.74, 6) is -0.823. The largest absolute Gasteiger partial charge is 0.472 e. The topological polar surface area (TPSA) is 108 Å². The molecule has 2 unspecified atom stereocenters. The standard InChI is InChI=1S/C64H114NO8P/c1-6-8-10-12-14-16-18-20-22-24-25-26-27-28-29-30-31-32-33-34-35-36-37-38-39-41-42-44-46-48-50-52-54-56-63(66)70-60-62(61-72-74(68,69)71-59-58-65(3,4)5)73-64(67)57-55-53-51-49-47-45-43-40-23-21-19-17-15-13-11-9-7-2/h9,11,15,17-18,20-21,23-25,27-28,43,45,62H,6-8,10,12-14,16,19,22,26,29-42,44,46-61H2,1-5H3/p+1/b11-9-,17-15-,20-18-,23-21-,25-24-,28-27-,45-43-. The van der Waals surface area contributed by atoms with E-state index in [4.69, 9.17) is 18.5 Å². The lowest BCUT2D eigenvalue weighted by Crippen LogP contribution is -2.37. The minimum Gasteiger partial charge on any atom is -0.462 e. The third kappa shape index (κ3) is 58.5. The van der Waals surface area contributed by atoms with E-state index in [1.165, 1.54) is 141 Å². The van der Waals surface area contributed by atoms with Gasteiger partial charge in [-0.3, -0.25) is 18.6 Å². The zero-order chi connectivity index (χ0) is 54.2. The number of ether oxygens (including phenoxy) is 2. The van der Waals surface area contributed by atoms with Crippen LogP contribution in [0.25, 0.3) is 0 Å². The van der Waals surface area contributed by atoms with Gasteiger partial charge in [0, 0.05) is 12.8 Å². The number of hydrogen-bond donors (Lipinski definition) is 1. The number of quaternary nitrogens is 1. The summed E-state index contributed by atoms with van der Waals surface area (Å²) in [6, 6.07) is 0. The predicted octanol–water partition coefficient (Wildman–Crippen LogP) is 19.0. The Hall–Kier alpha value is -2.81. The zero-order valence-electron chi connectivity index (χ0n) is 48.6. The first-order valence-corrected chi connectivity index (χ1v) is 31.8. The van der Waals surface area contributed by atoms with Crippen molar-refractivity contribution < 1.29 is 42.1 Å². The molecule has 0 radical (unpaired) electrons. The number of nitrogens with zero attached hydrogens (tertiary/aromatic N) is 1. The normalized spacial score (nSPS) is 13.9. The number of carbonyl (C=O) groups excluding carboxylic acids is 2. The zero-order valence-corrected chi connectivity index (χ0v) is 49.5. The molecule has 74 heavy (non-hydrogen) atoms. The first-order chi connectivity index (χ1) is 36.0. The molecule has 428 valence electrons. The molecule has 0 aliphatic carbocycles. The molecule has 0 aromatic rings. The average molecular weight is 1060 g/mol. The molecule has 1 N–H and O–H groups in total. The second-order valence-corrected chi connectivity index (χ2v) is 22.8. The van der Waals surface area contributed by atoms with E-state index in [9.17, 15) is 19.0 Å². The second kappa shape index (κ2) is 55.0.